The Bertz CT molecular complexity index is 429. The van der Waals surface area contributed by atoms with E-state index < -0.39 is 5.60 Å². The summed E-state index contributed by atoms with van der Waals surface area (Å²) in [5.74, 6) is 0.465. The van der Waals surface area contributed by atoms with Crippen molar-refractivity contribution in [2.75, 3.05) is 27.2 Å². The molecule has 0 aromatic rings. The minimum Gasteiger partial charge on any atom is -0.482 e. The molecule has 0 radical (unpaired) electrons. The van der Waals surface area contributed by atoms with Gasteiger partial charge in [-0.15, -0.1) is 0 Å². The van der Waals surface area contributed by atoms with Gasteiger partial charge in [-0.05, 0) is 33.6 Å². The lowest BCUT2D eigenvalue weighted by atomic mass is 9.93. The number of carbonyl (C=O) groups excluding carboxylic acids is 1. The molecule has 7 nitrogen and oxygen atoms in total. The normalized spacial score (nSPS) is 19.6. The molecule has 7 heteroatoms. The van der Waals surface area contributed by atoms with E-state index in [0.717, 1.165) is 12.8 Å². The number of hydrogen-bond donors (Lipinski definition) is 3. The van der Waals surface area contributed by atoms with Crippen molar-refractivity contribution in [2.24, 2.45) is 5.92 Å². The fraction of sp³-hybridized carbons (Fsp3) is 0.733. The molecule has 1 atom stereocenters. The lowest BCUT2D eigenvalue weighted by molar-refractivity contribution is 0.0194. The number of amides is 1. The molecule has 1 aliphatic heterocycles. The zero-order chi connectivity index (χ0) is 16.8. The van der Waals surface area contributed by atoms with Crippen molar-refractivity contribution < 1.29 is 14.3 Å². The third-order valence-electron chi connectivity index (χ3n) is 3.27. The van der Waals surface area contributed by atoms with Gasteiger partial charge in [0.1, 0.15) is 5.60 Å². The first-order valence-corrected chi connectivity index (χ1v) is 7.51. The van der Waals surface area contributed by atoms with Crippen molar-refractivity contribution >= 4 is 11.8 Å². The summed E-state index contributed by atoms with van der Waals surface area (Å²) < 4.78 is 10.5. The molecule has 1 saturated heterocycles. The Morgan fingerprint density at radius 1 is 1.41 bits per heavy atom. The summed E-state index contributed by atoms with van der Waals surface area (Å²) in [7, 11) is 3.26. The second kappa shape index (κ2) is 8.03. The number of nitrogens with zero attached hydrogens (tertiary/aromatic N) is 1. The molecule has 1 unspecified atom stereocenters. The van der Waals surface area contributed by atoms with Crippen molar-refractivity contribution in [3.8, 4) is 0 Å². The minimum atomic E-state index is -0.503. The standard InChI is InChI=1S/C15H28N4O3/c1-15(2,3)22-14(20)19-8-6-7-11(10-19)12(16)9-13(21-5)18-17-4/h9,11,16-18H,6-8,10H2,1-5H3/b13-9+,16-12?. The van der Waals surface area contributed by atoms with E-state index in [4.69, 9.17) is 14.9 Å². The summed E-state index contributed by atoms with van der Waals surface area (Å²) in [6, 6.07) is 0. The maximum Gasteiger partial charge on any atom is 0.410 e. The molecule has 1 fully saturated rings. The van der Waals surface area contributed by atoms with Gasteiger partial charge in [0.05, 0.1) is 7.11 Å². The monoisotopic (exact) mass is 312 g/mol. The Morgan fingerprint density at radius 2 is 2.09 bits per heavy atom. The van der Waals surface area contributed by atoms with Gasteiger partial charge < -0.3 is 19.8 Å². The largest absolute Gasteiger partial charge is 0.482 e. The van der Waals surface area contributed by atoms with Crippen molar-refractivity contribution in [1.29, 1.82) is 5.41 Å². The third kappa shape index (κ3) is 5.93. The van der Waals surface area contributed by atoms with E-state index in [1.807, 2.05) is 20.8 Å². The smallest absolute Gasteiger partial charge is 0.410 e. The number of ether oxygens (including phenoxy) is 2. The Morgan fingerprint density at radius 3 is 2.64 bits per heavy atom. The first kappa shape index (κ1) is 18.3. The average molecular weight is 312 g/mol. The highest BCUT2D eigenvalue weighted by molar-refractivity contribution is 5.95. The van der Waals surface area contributed by atoms with Gasteiger partial charge in [0.25, 0.3) is 0 Å². The molecule has 0 spiro atoms. The molecule has 0 aromatic heterocycles. The number of nitrogens with one attached hydrogen (secondary N) is 3. The summed E-state index contributed by atoms with van der Waals surface area (Å²) in [6.07, 6.45) is 3.07. The van der Waals surface area contributed by atoms with Gasteiger partial charge in [-0.1, -0.05) is 0 Å². The van der Waals surface area contributed by atoms with E-state index in [0.29, 0.717) is 24.7 Å². The molecular formula is C15H28N4O3. The number of methoxy groups -OCH3 is 1. The van der Waals surface area contributed by atoms with Crippen LogP contribution in [0, 0.1) is 11.3 Å². The lowest BCUT2D eigenvalue weighted by Gasteiger charge is -2.34. The van der Waals surface area contributed by atoms with Crippen molar-refractivity contribution in [3.05, 3.63) is 12.0 Å². The molecule has 22 heavy (non-hydrogen) atoms. The number of likely N-dealkylation sites (tertiary alicyclic amines) is 1. The molecule has 1 heterocycles. The van der Waals surface area contributed by atoms with Crippen LogP contribution in [0.15, 0.2) is 12.0 Å². The predicted octanol–water partition coefficient (Wildman–Crippen LogP) is 1.87. The van der Waals surface area contributed by atoms with Gasteiger partial charge in [0.15, 0.2) is 0 Å². The topological polar surface area (TPSA) is 86.7 Å². The van der Waals surface area contributed by atoms with Crippen molar-refractivity contribution in [3.63, 3.8) is 0 Å². The van der Waals surface area contributed by atoms with Gasteiger partial charge in [0, 0.05) is 37.8 Å². The van der Waals surface area contributed by atoms with Crippen LogP contribution in [-0.2, 0) is 9.47 Å². The summed E-state index contributed by atoms with van der Waals surface area (Å²) in [4.78, 5) is 13.8. The van der Waals surface area contributed by atoms with Gasteiger partial charge in [-0.3, -0.25) is 5.43 Å². The average Bonchev–Trinajstić information content (AvgIpc) is 2.45. The van der Waals surface area contributed by atoms with E-state index >= 15 is 0 Å². The maximum atomic E-state index is 12.1. The quantitative estimate of drug-likeness (QED) is 0.410. The van der Waals surface area contributed by atoms with Crippen molar-refractivity contribution in [1.82, 2.24) is 15.8 Å². The number of carbonyl (C=O) groups is 1. The molecular weight excluding hydrogens is 284 g/mol. The van der Waals surface area contributed by atoms with Crippen LogP contribution in [0.25, 0.3) is 0 Å². The summed E-state index contributed by atoms with van der Waals surface area (Å²) in [5, 5.41) is 8.20. The number of hydrazine groups is 1. The SMILES string of the molecule is CNN/C(=C\C(=N)C1CCCN(C(=O)OC(C)(C)C)C1)OC. The molecule has 3 N–H and O–H groups in total. The minimum absolute atomic E-state index is 0.00919. The highest BCUT2D eigenvalue weighted by atomic mass is 16.6. The highest BCUT2D eigenvalue weighted by Gasteiger charge is 2.29. The van der Waals surface area contributed by atoms with Gasteiger partial charge in [0.2, 0.25) is 5.88 Å². The van der Waals surface area contributed by atoms with Crippen LogP contribution >= 0.6 is 0 Å². The first-order chi connectivity index (χ1) is 10.3. The van der Waals surface area contributed by atoms with E-state index in [1.54, 1.807) is 18.0 Å². The Labute approximate surface area is 132 Å². The summed E-state index contributed by atoms with van der Waals surface area (Å²) >= 11 is 0. The zero-order valence-corrected chi connectivity index (χ0v) is 14.2. The van der Waals surface area contributed by atoms with Crippen LogP contribution < -0.4 is 10.9 Å². The number of piperidine rings is 1. The van der Waals surface area contributed by atoms with Gasteiger partial charge in [-0.2, -0.15) is 0 Å². The van der Waals surface area contributed by atoms with Gasteiger partial charge >= 0.3 is 6.09 Å². The Kier molecular flexibility index (Phi) is 6.67. The number of rotatable bonds is 5. The van der Waals surface area contributed by atoms with E-state index in [-0.39, 0.29) is 12.0 Å². The summed E-state index contributed by atoms with van der Waals surface area (Å²) in [6.45, 7) is 6.73. The van der Waals surface area contributed by atoms with Crippen LogP contribution in [0.4, 0.5) is 4.79 Å². The second-order valence-corrected chi connectivity index (χ2v) is 6.31. The van der Waals surface area contributed by atoms with Crippen LogP contribution in [0.5, 0.6) is 0 Å². The first-order valence-electron chi connectivity index (χ1n) is 7.51. The van der Waals surface area contributed by atoms with Crippen LogP contribution in [0.3, 0.4) is 0 Å². The second-order valence-electron chi connectivity index (χ2n) is 6.31. The molecule has 0 saturated carbocycles. The predicted molar refractivity (Wildman–Crippen MR) is 85.5 cm³/mol. The Balaban J connectivity index is 2.66. The molecule has 0 bridgehead atoms. The highest BCUT2D eigenvalue weighted by Crippen LogP contribution is 2.20. The third-order valence-corrected chi connectivity index (χ3v) is 3.27. The molecule has 0 aliphatic carbocycles. The fourth-order valence-electron chi connectivity index (χ4n) is 2.25. The zero-order valence-electron chi connectivity index (χ0n) is 14.2. The molecule has 126 valence electrons. The van der Waals surface area contributed by atoms with E-state index in [1.165, 1.54) is 7.11 Å². The van der Waals surface area contributed by atoms with Crippen LogP contribution in [-0.4, -0.2) is 49.6 Å². The van der Waals surface area contributed by atoms with Gasteiger partial charge in [-0.25, -0.2) is 10.2 Å². The maximum absolute atomic E-state index is 12.1. The van der Waals surface area contributed by atoms with E-state index in [9.17, 15) is 4.79 Å². The van der Waals surface area contributed by atoms with Crippen LogP contribution in [0.1, 0.15) is 33.6 Å². The van der Waals surface area contributed by atoms with E-state index in [2.05, 4.69) is 10.9 Å². The lowest BCUT2D eigenvalue weighted by Crippen LogP contribution is -2.44. The molecule has 1 rings (SSSR count). The Hall–Kier alpha value is -1.76. The molecule has 1 aliphatic rings. The number of allylic oxidation sites excluding steroid dienone is 1. The molecule has 1 amide bonds. The summed E-state index contributed by atoms with van der Waals surface area (Å²) in [5.41, 5.74) is 5.50. The fourth-order valence-corrected chi connectivity index (χ4v) is 2.25. The molecule has 0 aromatic carbocycles. The van der Waals surface area contributed by atoms with Crippen LogP contribution in [0.2, 0.25) is 0 Å². The number of hydrogen-bond acceptors (Lipinski definition) is 6. The van der Waals surface area contributed by atoms with Crippen molar-refractivity contribution in [2.45, 2.75) is 39.2 Å².